The number of carbonyl (C=O) groups excluding carboxylic acids is 1. The van der Waals surface area contributed by atoms with Crippen LogP contribution in [-0.4, -0.2) is 47.2 Å². The summed E-state index contributed by atoms with van der Waals surface area (Å²) in [5, 5.41) is 3.86. The van der Waals surface area contributed by atoms with E-state index in [9.17, 15) is 4.79 Å². The number of hydrogen-bond donors (Lipinski definition) is 0. The highest BCUT2D eigenvalue weighted by Gasteiger charge is 2.45. The molecule has 0 N–H and O–H groups in total. The Labute approximate surface area is 145 Å². The van der Waals surface area contributed by atoms with Crippen LogP contribution in [-0.2, 0) is 16.1 Å². The van der Waals surface area contributed by atoms with E-state index in [1.54, 1.807) is 23.7 Å². The first-order chi connectivity index (χ1) is 11.8. The number of amides is 1. The van der Waals surface area contributed by atoms with E-state index in [1.165, 1.54) is 0 Å². The predicted octanol–water partition coefficient (Wildman–Crippen LogP) is 2.73. The van der Waals surface area contributed by atoms with Crippen molar-refractivity contribution in [3.63, 3.8) is 0 Å². The number of aromatic nitrogens is 1. The molecule has 126 valence electrons. The van der Waals surface area contributed by atoms with Crippen LogP contribution in [0.2, 0.25) is 0 Å². The highest BCUT2D eigenvalue weighted by atomic mass is 32.1. The molecule has 1 amide bonds. The summed E-state index contributed by atoms with van der Waals surface area (Å²) in [5.74, 6) is 0.115. The number of fused-ring (bicyclic) bond motifs is 1. The Morgan fingerprint density at radius 3 is 3.00 bits per heavy atom. The van der Waals surface area contributed by atoms with Gasteiger partial charge in [0.05, 0.1) is 30.9 Å². The molecular formula is C18H20N2O3S. The monoisotopic (exact) mass is 344 g/mol. The van der Waals surface area contributed by atoms with Crippen LogP contribution in [0.1, 0.15) is 28.8 Å². The predicted molar refractivity (Wildman–Crippen MR) is 90.9 cm³/mol. The smallest absolute Gasteiger partial charge is 0.255 e. The summed E-state index contributed by atoms with van der Waals surface area (Å²) in [6.45, 7) is 1.79. The van der Waals surface area contributed by atoms with E-state index >= 15 is 0 Å². The molecule has 4 rings (SSSR count). The van der Waals surface area contributed by atoms with Crippen LogP contribution in [0.3, 0.4) is 0 Å². The van der Waals surface area contributed by atoms with Crippen LogP contribution >= 0.6 is 11.3 Å². The molecular weight excluding hydrogens is 324 g/mol. The molecule has 1 saturated heterocycles. The van der Waals surface area contributed by atoms with Gasteiger partial charge in [-0.05, 0) is 42.0 Å². The van der Waals surface area contributed by atoms with Crippen molar-refractivity contribution in [3.8, 4) is 0 Å². The number of ether oxygens (including phenoxy) is 2. The zero-order chi connectivity index (χ0) is 16.4. The van der Waals surface area contributed by atoms with Gasteiger partial charge in [-0.3, -0.25) is 9.78 Å². The van der Waals surface area contributed by atoms with Gasteiger partial charge in [-0.15, -0.1) is 0 Å². The molecule has 0 unspecified atom stereocenters. The number of hydrogen-bond acceptors (Lipinski definition) is 5. The number of rotatable bonds is 4. The van der Waals surface area contributed by atoms with Crippen LogP contribution in [0, 0.1) is 0 Å². The van der Waals surface area contributed by atoms with E-state index in [2.05, 4.69) is 4.98 Å². The van der Waals surface area contributed by atoms with Gasteiger partial charge in [-0.2, -0.15) is 11.3 Å². The van der Waals surface area contributed by atoms with Crippen LogP contribution < -0.4 is 0 Å². The Bertz CT molecular complexity index is 677. The van der Waals surface area contributed by atoms with Crippen LogP contribution in [0.15, 0.2) is 41.4 Å². The first kappa shape index (κ1) is 15.7. The average Bonchev–Trinajstić information content (AvgIpc) is 3.30. The minimum Gasteiger partial charge on any atom is -0.372 e. The lowest BCUT2D eigenvalue weighted by Crippen LogP contribution is -2.53. The minimum absolute atomic E-state index is 0.0248. The molecule has 0 spiro atoms. The third-order valence-electron chi connectivity index (χ3n) is 4.78. The molecule has 5 nitrogen and oxygen atoms in total. The topological polar surface area (TPSA) is 51.7 Å². The summed E-state index contributed by atoms with van der Waals surface area (Å²) < 4.78 is 12.1. The SMILES string of the molecule is O=C(c1ccsc1)N1CCO[C@H]2[C@@H](OCc3ccncc3)CC[C@@H]21. The molecule has 1 aliphatic heterocycles. The second-order valence-corrected chi connectivity index (χ2v) is 6.98. The van der Waals surface area contributed by atoms with Gasteiger partial charge in [-0.25, -0.2) is 0 Å². The van der Waals surface area contributed by atoms with E-state index in [0.29, 0.717) is 19.8 Å². The van der Waals surface area contributed by atoms with E-state index in [-0.39, 0.29) is 24.2 Å². The number of thiophene rings is 1. The molecule has 0 aromatic carbocycles. The van der Waals surface area contributed by atoms with Crippen molar-refractivity contribution in [2.75, 3.05) is 13.2 Å². The normalized spacial score (nSPS) is 26.3. The molecule has 0 radical (unpaired) electrons. The van der Waals surface area contributed by atoms with Crippen molar-refractivity contribution >= 4 is 17.2 Å². The summed E-state index contributed by atoms with van der Waals surface area (Å²) in [4.78, 5) is 18.7. The minimum atomic E-state index is -0.0248. The van der Waals surface area contributed by atoms with E-state index in [1.807, 2.05) is 33.9 Å². The van der Waals surface area contributed by atoms with Gasteiger partial charge < -0.3 is 14.4 Å². The van der Waals surface area contributed by atoms with Crippen molar-refractivity contribution < 1.29 is 14.3 Å². The molecule has 2 fully saturated rings. The number of pyridine rings is 1. The fourth-order valence-electron chi connectivity index (χ4n) is 3.58. The Morgan fingerprint density at radius 1 is 1.33 bits per heavy atom. The zero-order valence-electron chi connectivity index (χ0n) is 13.3. The zero-order valence-corrected chi connectivity index (χ0v) is 14.2. The fourth-order valence-corrected chi connectivity index (χ4v) is 4.21. The largest absolute Gasteiger partial charge is 0.372 e. The van der Waals surface area contributed by atoms with Crippen LogP contribution in [0.4, 0.5) is 0 Å². The number of carbonyl (C=O) groups is 1. The Kier molecular flexibility index (Phi) is 4.60. The molecule has 2 aromatic rings. The van der Waals surface area contributed by atoms with Crippen molar-refractivity contribution in [2.24, 2.45) is 0 Å². The molecule has 2 aromatic heterocycles. The molecule has 1 aliphatic carbocycles. The van der Waals surface area contributed by atoms with Gasteiger partial charge >= 0.3 is 0 Å². The summed E-state index contributed by atoms with van der Waals surface area (Å²) in [6, 6.07) is 5.93. The van der Waals surface area contributed by atoms with Crippen molar-refractivity contribution in [3.05, 3.63) is 52.5 Å². The summed E-state index contributed by atoms with van der Waals surface area (Å²) in [5.41, 5.74) is 1.89. The average molecular weight is 344 g/mol. The van der Waals surface area contributed by atoms with Crippen LogP contribution in [0.25, 0.3) is 0 Å². The standard InChI is InChI=1S/C18H20N2O3S/c21-18(14-5-10-24-12-14)20-8-9-22-17-15(20)1-2-16(17)23-11-13-3-6-19-7-4-13/h3-7,10,12,15-17H,1-2,8-9,11H2/t15-,16-,17+/m0/s1. The number of nitrogens with zero attached hydrogens (tertiary/aromatic N) is 2. The Morgan fingerprint density at radius 2 is 2.21 bits per heavy atom. The Hall–Kier alpha value is -1.76. The first-order valence-corrected chi connectivity index (χ1v) is 9.22. The summed E-state index contributed by atoms with van der Waals surface area (Å²) >= 11 is 1.55. The van der Waals surface area contributed by atoms with Gasteiger partial charge in [0.1, 0.15) is 6.10 Å². The highest BCUT2D eigenvalue weighted by Crippen LogP contribution is 2.33. The van der Waals surface area contributed by atoms with E-state index in [4.69, 9.17) is 9.47 Å². The van der Waals surface area contributed by atoms with Crippen molar-refractivity contribution in [1.29, 1.82) is 0 Å². The summed E-state index contributed by atoms with van der Waals surface area (Å²) in [7, 11) is 0. The maximum absolute atomic E-state index is 12.7. The molecule has 3 heterocycles. The second kappa shape index (κ2) is 7.01. The van der Waals surface area contributed by atoms with Crippen molar-refractivity contribution in [2.45, 2.75) is 37.7 Å². The molecule has 0 bridgehead atoms. The van der Waals surface area contributed by atoms with E-state index in [0.717, 1.165) is 24.0 Å². The van der Waals surface area contributed by atoms with Gasteiger partial charge in [0, 0.05) is 24.3 Å². The first-order valence-electron chi connectivity index (χ1n) is 8.28. The Balaban J connectivity index is 1.42. The van der Waals surface area contributed by atoms with Crippen LogP contribution in [0.5, 0.6) is 0 Å². The van der Waals surface area contributed by atoms with Gasteiger partial charge in [0.2, 0.25) is 0 Å². The second-order valence-electron chi connectivity index (χ2n) is 6.20. The maximum Gasteiger partial charge on any atom is 0.255 e. The van der Waals surface area contributed by atoms with Gasteiger partial charge in [0.15, 0.2) is 0 Å². The lowest BCUT2D eigenvalue weighted by Gasteiger charge is -2.39. The molecule has 24 heavy (non-hydrogen) atoms. The summed E-state index contributed by atoms with van der Waals surface area (Å²) in [6.07, 6.45) is 5.42. The third-order valence-corrected chi connectivity index (χ3v) is 5.46. The van der Waals surface area contributed by atoms with Crippen molar-refractivity contribution in [1.82, 2.24) is 9.88 Å². The quantitative estimate of drug-likeness (QED) is 0.856. The molecule has 6 heteroatoms. The molecule has 1 saturated carbocycles. The van der Waals surface area contributed by atoms with Gasteiger partial charge in [0.25, 0.3) is 5.91 Å². The maximum atomic E-state index is 12.7. The molecule has 2 aliphatic rings. The lowest BCUT2D eigenvalue weighted by atomic mass is 10.1. The van der Waals surface area contributed by atoms with Gasteiger partial charge in [-0.1, -0.05) is 0 Å². The fraction of sp³-hybridized carbons (Fsp3) is 0.444. The number of morpholine rings is 1. The highest BCUT2D eigenvalue weighted by molar-refractivity contribution is 7.08. The molecule has 3 atom stereocenters. The lowest BCUT2D eigenvalue weighted by molar-refractivity contribution is -0.108. The van der Waals surface area contributed by atoms with E-state index < -0.39 is 0 Å². The third kappa shape index (κ3) is 3.09.